The summed E-state index contributed by atoms with van der Waals surface area (Å²) in [4.78, 5) is 9.72. The van der Waals surface area contributed by atoms with E-state index in [1.807, 2.05) is 0 Å². The van der Waals surface area contributed by atoms with Crippen LogP contribution in [-0.2, 0) is 12.5 Å². The summed E-state index contributed by atoms with van der Waals surface area (Å²) in [5, 5.41) is 7.46. The molecule has 0 fully saturated rings. The van der Waals surface area contributed by atoms with Crippen molar-refractivity contribution >= 4 is 43.5 Å². The summed E-state index contributed by atoms with van der Waals surface area (Å²) in [6.07, 6.45) is 1.72. The third-order valence-electron chi connectivity index (χ3n) is 7.35. The molecule has 6 aromatic rings. The minimum Gasteiger partial charge on any atom is -0.328 e. The second-order valence-corrected chi connectivity index (χ2v) is 11.0. The molecule has 6 rings (SSSR count). The zero-order chi connectivity index (χ0) is 24.5. The van der Waals surface area contributed by atoms with E-state index >= 15 is 0 Å². The molecule has 0 radical (unpaired) electrons. The number of aromatic nitrogens is 3. The Morgan fingerprint density at radius 2 is 1.43 bits per heavy atom. The smallest absolute Gasteiger partial charge is 0.144 e. The van der Waals surface area contributed by atoms with Gasteiger partial charge in [-0.25, -0.2) is 9.97 Å². The van der Waals surface area contributed by atoms with Gasteiger partial charge in [-0.05, 0) is 62.2 Å². The van der Waals surface area contributed by atoms with Gasteiger partial charge >= 0.3 is 0 Å². The highest BCUT2D eigenvalue weighted by Crippen LogP contribution is 2.43. The molecule has 2 aromatic heterocycles. The number of hydrogen-bond acceptors (Lipinski definition) is 2. The third kappa shape index (κ3) is 3.25. The van der Waals surface area contributed by atoms with Gasteiger partial charge in [0.05, 0.1) is 16.6 Å². The van der Waals surface area contributed by atoms with Crippen LogP contribution in [0.1, 0.15) is 51.7 Å². The summed E-state index contributed by atoms with van der Waals surface area (Å²) in [5.41, 5.74) is 7.08. The Labute approximate surface area is 206 Å². The van der Waals surface area contributed by atoms with Crippen molar-refractivity contribution in [2.24, 2.45) is 7.05 Å². The maximum absolute atomic E-state index is 4.93. The summed E-state index contributed by atoms with van der Waals surface area (Å²) >= 11 is 0. The Kier molecular flexibility index (Phi) is 4.76. The van der Waals surface area contributed by atoms with E-state index in [2.05, 4.69) is 113 Å². The van der Waals surface area contributed by atoms with Gasteiger partial charge in [0, 0.05) is 18.0 Å². The molecule has 0 amide bonds. The minimum atomic E-state index is 0.0119. The van der Waals surface area contributed by atoms with E-state index in [4.69, 9.17) is 9.97 Å². The first kappa shape index (κ1) is 21.8. The lowest BCUT2D eigenvalue weighted by molar-refractivity contribution is 0.596. The van der Waals surface area contributed by atoms with Crippen LogP contribution in [0.4, 0.5) is 0 Å². The highest BCUT2D eigenvalue weighted by atomic mass is 15.0. The normalized spacial score (nSPS) is 12.5. The van der Waals surface area contributed by atoms with E-state index in [1.54, 1.807) is 6.33 Å². The van der Waals surface area contributed by atoms with Gasteiger partial charge in [0.2, 0.25) is 0 Å². The summed E-state index contributed by atoms with van der Waals surface area (Å²) in [6.45, 7) is 11.4. The van der Waals surface area contributed by atoms with E-state index in [0.717, 1.165) is 22.3 Å². The molecule has 3 nitrogen and oxygen atoms in total. The van der Waals surface area contributed by atoms with Crippen LogP contribution in [0, 0.1) is 0 Å². The Morgan fingerprint density at radius 1 is 0.771 bits per heavy atom. The zero-order valence-electron chi connectivity index (χ0n) is 21.3. The lowest BCUT2D eigenvalue weighted by Gasteiger charge is -2.23. The maximum Gasteiger partial charge on any atom is 0.144 e. The summed E-state index contributed by atoms with van der Waals surface area (Å²) in [5.74, 6) is 0.398. The Morgan fingerprint density at radius 3 is 2.11 bits per heavy atom. The van der Waals surface area contributed by atoms with E-state index in [0.29, 0.717) is 5.92 Å². The number of fused-ring (bicyclic) bond motifs is 6. The first-order valence-corrected chi connectivity index (χ1v) is 12.4. The number of hydrogen-bond donors (Lipinski definition) is 0. The summed E-state index contributed by atoms with van der Waals surface area (Å²) in [7, 11) is 2.14. The van der Waals surface area contributed by atoms with Gasteiger partial charge in [0.25, 0.3) is 0 Å². The van der Waals surface area contributed by atoms with Gasteiger partial charge < -0.3 is 4.57 Å². The van der Waals surface area contributed by atoms with Gasteiger partial charge in [0.1, 0.15) is 12.0 Å². The van der Waals surface area contributed by atoms with Crippen LogP contribution < -0.4 is 0 Å². The molecular weight excluding hydrogens is 426 g/mol. The molecule has 174 valence electrons. The minimum absolute atomic E-state index is 0.0119. The molecule has 0 saturated carbocycles. The molecule has 0 bridgehead atoms. The Balaban J connectivity index is 1.82. The van der Waals surface area contributed by atoms with Crippen molar-refractivity contribution in [3.63, 3.8) is 0 Å². The van der Waals surface area contributed by atoms with Crippen molar-refractivity contribution in [2.75, 3.05) is 0 Å². The molecule has 0 aliphatic heterocycles. The highest BCUT2D eigenvalue weighted by molar-refractivity contribution is 6.24. The SMILES string of the molecule is CC(C)c1cc2ccccc2c2c3c(-c4cc(C(C)(C)C)c5ccccc5c4)ncnc3n(C)c12. The monoisotopic (exact) mass is 457 g/mol. The van der Waals surface area contributed by atoms with Crippen molar-refractivity contribution < 1.29 is 0 Å². The second-order valence-electron chi connectivity index (χ2n) is 11.0. The summed E-state index contributed by atoms with van der Waals surface area (Å²) < 4.78 is 2.27. The van der Waals surface area contributed by atoms with Gasteiger partial charge in [0.15, 0.2) is 0 Å². The molecule has 0 saturated heterocycles. The van der Waals surface area contributed by atoms with Crippen molar-refractivity contribution in [1.82, 2.24) is 14.5 Å². The van der Waals surface area contributed by atoms with Gasteiger partial charge in [-0.1, -0.05) is 83.1 Å². The van der Waals surface area contributed by atoms with Gasteiger partial charge in [-0.3, -0.25) is 0 Å². The largest absolute Gasteiger partial charge is 0.328 e. The number of aryl methyl sites for hydroxylation is 1. The van der Waals surface area contributed by atoms with E-state index in [-0.39, 0.29) is 5.41 Å². The van der Waals surface area contributed by atoms with Crippen LogP contribution in [0.2, 0.25) is 0 Å². The van der Waals surface area contributed by atoms with Crippen LogP contribution in [-0.4, -0.2) is 14.5 Å². The van der Waals surface area contributed by atoms with Crippen molar-refractivity contribution in [2.45, 2.75) is 46.0 Å². The van der Waals surface area contributed by atoms with E-state index < -0.39 is 0 Å². The fourth-order valence-corrected chi connectivity index (χ4v) is 5.67. The highest BCUT2D eigenvalue weighted by Gasteiger charge is 2.23. The number of nitrogens with zero attached hydrogens (tertiary/aromatic N) is 3. The van der Waals surface area contributed by atoms with E-state index in [9.17, 15) is 0 Å². The molecular formula is C32H31N3. The first-order valence-electron chi connectivity index (χ1n) is 12.4. The quantitative estimate of drug-likeness (QED) is 0.261. The molecule has 4 aromatic carbocycles. The van der Waals surface area contributed by atoms with Crippen LogP contribution in [0.3, 0.4) is 0 Å². The van der Waals surface area contributed by atoms with Crippen molar-refractivity contribution in [1.29, 1.82) is 0 Å². The summed E-state index contributed by atoms with van der Waals surface area (Å²) in [6, 6.07) is 24.4. The number of benzene rings is 4. The molecule has 0 atom stereocenters. The molecule has 0 aliphatic rings. The Hall–Kier alpha value is -3.72. The van der Waals surface area contributed by atoms with Crippen molar-refractivity contribution in [3.8, 4) is 11.3 Å². The average molecular weight is 458 g/mol. The lowest BCUT2D eigenvalue weighted by atomic mass is 9.82. The standard InChI is InChI=1S/C32H31N3/c1-19(2)25-16-21-12-8-10-14-24(21)27-28-29(33-18-34-31(28)35(6)30(25)27)22-15-20-11-7-9-13-23(20)26(17-22)32(3,4)5/h7-19H,1-6H3. The van der Waals surface area contributed by atoms with E-state index in [1.165, 1.54) is 43.6 Å². The Bertz CT molecular complexity index is 1760. The molecule has 3 heteroatoms. The molecule has 35 heavy (non-hydrogen) atoms. The zero-order valence-corrected chi connectivity index (χ0v) is 21.3. The van der Waals surface area contributed by atoms with Crippen molar-refractivity contribution in [3.05, 3.63) is 84.2 Å². The third-order valence-corrected chi connectivity index (χ3v) is 7.35. The topological polar surface area (TPSA) is 30.7 Å². The van der Waals surface area contributed by atoms with Crippen LogP contribution in [0.5, 0.6) is 0 Å². The van der Waals surface area contributed by atoms with Crippen LogP contribution in [0.15, 0.2) is 73.1 Å². The fraction of sp³-hybridized carbons (Fsp3) is 0.250. The predicted octanol–water partition coefficient (Wildman–Crippen LogP) is 8.52. The average Bonchev–Trinajstić information content (AvgIpc) is 3.15. The first-order chi connectivity index (χ1) is 16.8. The molecule has 0 spiro atoms. The van der Waals surface area contributed by atoms with Gasteiger partial charge in [-0.15, -0.1) is 0 Å². The molecule has 0 aliphatic carbocycles. The van der Waals surface area contributed by atoms with Crippen LogP contribution >= 0.6 is 0 Å². The van der Waals surface area contributed by atoms with Crippen LogP contribution in [0.25, 0.3) is 54.7 Å². The lowest BCUT2D eigenvalue weighted by Crippen LogP contribution is -2.12. The number of rotatable bonds is 2. The second kappa shape index (κ2) is 7.64. The van der Waals surface area contributed by atoms with Gasteiger partial charge in [-0.2, -0.15) is 0 Å². The molecule has 2 heterocycles. The molecule has 0 N–H and O–H groups in total. The predicted molar refractivity (Wildman–Crippen MR) is 149 cm³/mol. The fourth-order valence-electron chi connectivity index (χ4n) is 5.67. The molecule has 0 unspecified atom stereocenters. The maximum atomic E-state index is 4.93.